The summed E-state index contributed by atoms with van der Waals surface area (Å²) in [6.07, 6.45) is 0. The van der Waals surface area contributed by atoms with Gasteiger partial charge >= 0.3 is 5.97 Å². The van der Waals surface area contributed by atoms with Crippen LogP contribution in [-0.4, -0.2) is 50.7 Å². The van der Waals surface area contributed by atoms with Gasteiger partial charge in [0.15, 0.2) is 0 Å². The standard InChI is InChI=1S/C13H15BrFNO4/c1-19-6-5-16(8-12(17)20-2)13(18)10-7-9(15)3-4-11(10)14/h3-4,7H,5-6,8H2,1-2H3. The van der Waals surface area contributed by atoms with Gasteiger partial charge in [-0.1, -0.05) is 0 Å². The lowest BCUT2D eigenvalue weighted by Gasteiger charge is -2.21. The van der Waals surface area contributed by atoms with Crippen LogP contribution in [0.25, 0.3) is 0 Å². The summed E-state index contributed by atoms with van der Waals surface area (Å²) in [4.78, 5) is 24.9. The molecular formula is C13H15BrFNO4. The Morgan fingerprint density at radius 3 is 2.65 bits per heavy atom. The summed E-state index contributed by atoms with van der Waals surface area (Å²) < 4.78 is 23.1. The molecule has 20 heavy (non-hydrogen) atoms. The van der Waals surface area contributed by atoms with Crippen molar-refractivity contribution < 1.29 is 23.5 Å². The van der Waals surface area contributed by atoms with E-state index in [-0.39, 0.29) is 25.3 Å². The lowest BCUT2D eigenvalue weighted by Crippen LogP contribution is -2.38. The molecule has 1 aromatic rings. The van der Waals surface area contributed by atoms with E-state index in [4.69, 9.17) is 4.74 Å². The topological polar surface area (TPSA) is 55.8 Å². The van der Waals surface area contributed by atoms with Gasteiger partial charge in [-0.25, -0.2) is 4.39 Å². The number of carbonyl (C=O) groups is 2. The lowest BCUT2D eigenvalue weighted by atomic mass is 10.2. The van der Waals surface area contributed by atoms with E-state index >= 15 is 0 Å². The molecule has 0 aliphatic heterocycles. The van der Waals surface area contributed by atoms with E-state index in [2.05, 4.69) is 20.7 Å². The molecule has 1 rings (SSSR count). The van der Waals surface area contributed by atoms with Crippen molar-refractivity contribution in [2.24, 2.45) is 0 Å². The zero-order valence-electron chi connectivity index (χ0n) is 11.2. The second-order valence-electron chi connectivity index (χ2n) is 3.92. The lowest BCUT2D eigenvalue weighted by molar-refractivity contribution is -0.141. The average molecular weight is 348 g/mol. The van der Waals surface area contributed by atoms with Gasteiger partial charge in [0.2, 0.25) is 0 Å². The highest BCUT2D eigenvalue weighted by molar-refractivity contribution is 9.10. The van der Waals surface area contributed by atoms with E-state index in [1.807, 2.05) is 0 Å². The van der Waals surface area contributed by atoms with Gasteiger partial charge in [0.25, 0.3) is 5.91 Å². The van der Waals surface area contributed by atoms with E-state index in [0.29, 0.717) is 4.47 Å². The van der Waals surface area contributed by atoms with Gasteiger partial charge in [-0.3, -0.25) is 9.59 Å². The third-order valence-electron chi connectivity index (χ3n) is 2.56. The van der Waals surface area contributed by atoms with Crippen molar-refractivity contribution in [2.75, 3.05) is 33.9 Å². The van der Waals surface area contributed by atoms with Gasteiger partial charge < -0.3 is 14.4 Å². The summed E-state index contributed by atoms with van der Waals surface area (Å²) in [5.74, 6) is -1.55. The second-order valence-corrected chi connectivity index (χ2v) is 4.77. The fourth-order valence-electron chi connectivity index (χ4n) is 1.51. The first-order chi connectivity index (χ1) is 9.49. The van der Waals surface area contributed by atoms with Crippen molar-refractivity contribution in [3.05, 3.63) is 34.1 Å². The Morgan fingerprint density at radius 2 is 2.05 bits per heavy atom. The Balaban J connectivity index is 2.96. The van der Waals surface area contributed by atoms with Crippen LogP contribution in [0, 0.1) is 5.82 Å². The SMILES string of the molecule is COCCN(CC(=O)OC)C(=O)c1cc(F)ccc1Br. The summed E-state index contributed by atoms with van der Waals surface area (Å²) >= 11 is 3.19. The Bertz CT molecular complexity index is 495. The van der Waals surface area contributed by atoms with Crippen LogP contribution < -0.4 is 0 Å². The Hall–Kier alpha value is -1.47. The van der Waals surface area contributed by atoms with Crippen LogP contribution in [0.15, 0.2) is 22.7 Å². The highest BCUT2D eigenvalue weighted by atomic mass is 79.9. The van der Waals surface area contributed by atoms with E-state index in [1.165, 1.54) is 31.3 Å². The minimum atomic E-state index is -0.554. The molecule has 0 bridgehead atoms. The number of nitrogens with zero attached hydrogens (tertiary/aromatic N) is 1. The number of esters is 1. The van der Waals surface area contributed by atoms with E-state index in [1.54, 1.807) is 0 Å². The minimum absolute atomic E-state index is 0.144. The van der Waals surface area contributed by atoms with Crippen LogP contribution in [0.5, 0.6) is 0 Å². The monoisotopic (exact) mass is 347 g/mol. The van der Waals surface area contributed by atoms with Crippen molar-refractivity contribution in [1.29, 1.82) is 0 Å². The molecule has 0 aliphatic carbocycles. The molecule has 0 radical (unpaired) electrons. The molecule has 0 spiro atoms. The van der Waals surface area contributed by atoms with Crippen molar-refractivity contribution in [3.63, 3.8) is 0 Å². The van der Waals surface area contributed by atoms with Gasteiger partial charge in [-0.15, -0.1) is 0 Å². The third-order valence-corrected chi connectivity index (χ3v) is 3.25. The highest BCUT2D eigenvalue weighted by Crippen LogP contribution is 2.19. The minimum Gasteiger partial charge on any atom is -0.468 e. The van der Waals surface area contributed by atoms with E-state index < -0.39 is 17.7 Å². The summed E-state index contributed by atoms with van der Waals surface area (Å²) in [7, 11) is 2.72. The van der Waals surface area contributed by atoms with Crippen LogP contribution in [0.3, 0.4) is 0 Å². The smallest absolute Gasteiger partial charge is 0.325 e. The van der Waals surface area contributed by atoms with Crippen LogP contribution in [0.4, 0.5) is 4.39 Å². The quantitative estimate of drug-likeness (QED) is 0.737. The van der Waals surface area contributed by atoms with E-state index in [0.717, 1.165) is 6.07 Å². The molecule has 1 amide bonds. The average Bonchev–Trinajstić information content (AvgIpc) is 2.44. The zero-order chi connectivity index (χ0) is 15.1. The largest absolute Gasteiger partial charge is 0.468 e. The number of benzene rings is 1. The molecule has 0 fully saturated rings. The Kier molecular flexibility index (Phi) is 6.60. The Labute approximate surface area is 124 Å². The molecule has 0 N–H and O–H groups in total. The fourth-order valence-corrected chi connectivity index (χ4v) is 1.92. The maximum atomic E-state index is 13.2. The molecule has 0 saturated carbocycles. The van der Waals surface area contributed by atoms with Gasteiger partial charge in [0.1, 0.15) is 12.4 Å². The Morgan fingerprint density at radius 1 is 1.35 bits per heavy atom. The molecule has 0 unspecified atom stereocenters. The molecule has 0 heterocycles. The number of halogens is 2. The summed E-state index contributed by atoms with van der Waals surface area (Å²) in [5.41, 5.74) is 0.144. The number of ether oxygens (including phenoxy) is 2. The second kappa shape index (κ2) is 7.96. The molecule has 110 valence electrons. The van der Waals surface area contributed by atoms with Crippen molar-refractivity contribution in [3.8, 4) is 0 Å². The summed E-state index contributed by atoms with van der Waals surface area (Å²) in [5, 5.41) is 0. The zero-order valence-corrected chi connectivity index (χ0v) is 12.8. The van der Waals surface area contributed by atoms with Gasteiger partial charge in [-0.2, -0.15) is 0 Å². The number of amides is 1. The highest BCUT2D eigenvalue weighted by Gasteiger charge is 2.21. The van der Waals surface area contributed by atoms with Gasteiger partial charge in [0.05, 0.1) is 19.3 Å². The van der Waals surface area contributed by atoms with Crippen LogP contribution in [0.1, 0.15) is 10.4 Å². The molecule has 0 saturated heterocycles. The molecule has 5 nitrogen and oxygen atoms in total. The first-order valence-electron chi connectivity index (χ1n) is 5.79. The first-order valence-corrected chi connectivity index (χ1v) is 6.59. The van der Waals surface area contributed by atoms with Crippen LogP contribution in [0.2, 0.25) is 0 Å². The molecule has 0 aliphatic rings. The number of hydrogen-bond acceptors (Lipinski definition) is 4. The maximum Gasteiger partial charge on any atom is 0.325 e. The van der Waals surface area contributed by atoms with Gasteiger partial charge in [0, 0.05) is 18.1 Å². The third kappa shape index (κ3) is 4.57. The molecule has 0 aromatic heterocycles. The molecule has 0 atom stereocenters. The van der Waals surface area contributed by atoms with Crippen LogP contribution in [-0.2, 0) is 14.3 Å². The predicted molar refractivity (Wildman–Crippen MR) is 73.9 cm³/mol. The number of carbonyl (C=O) groups excluding carboxylic acids is 2. The molecular weight excluding hydrogens is 333 g/mol. The number of methoxy groups -OCH3 is 2. The number of rotatable bonds is 6. The first kappa shape index (κ1) is 16.6. The summed E-state index contributed by atoms with van der Waals surface area (Å²) in [6.45, 7) is 0.241. The van der Waals surface area contributed by atoms with Gasteiger partial charge in [-0.05, 0) is 34.1 Å². The van der Waals surface area contributed by atoms with Crippen molar-refractivity contribution in [1.82, 2.24) is 4.90 Å². The predicted octanol–water partition coefficient (Wildman–Crippen LogP) is 1.85. The summed E-state index contributed by atoms with van der Waals surface area (Å²) in [6, 6.07) is 3.79. The van der Waals surface area contributed by atoms with Crippen LogP contribution >= 0.6 is 15.9 Å². The molecule has 7 heteroatoms. The van der Waals surface area contributed by atoms with Crippen molar-refractivity contribution in [2.45, 2.75) is 0 Å². The normalized spacial score (nSPS) is 10.2. The molecule has 1 aromatic carbocycles. The van der Waals surface area contributed by atoms with E-state index in [9.17, 15) is 14.0 Å². The maximum absolute atomic E-state index is 13.2. The fraction of sp³-hybridized carbons (Fsp3) is 0.385. The number of hydrogen-bond donors (Lipinski definition) is 0. The van der Waals surface area contributed by atoms with Crippen molar-refractivity contribution >= 4 is 27.8 Å².